The molecule has 49 heavy (non-hydrogen) atoms. The second-order valence-electron chi connectivity index (χ2n) is 16.7. The smallest absolute Gasteiger partial charge is 0.183 e. The molecule has 0 aromatic heterocycles. The predicted octanol–water partition coefficient (Wildman–Crippen LogP) is 14.1. The first-order valence-electron chi connectivity index (χ1n) is 21.7. The van der Waals surface area contributed by atoms with E-state index in [-0.39, 0.29) is 16.4 Å². The minimum Gasteiger partial charge on any atom is -0.296 e. The summed E-state index contributed by atoms with van der Waals surface area (Å²) in [5.74, 6) is 0.192. The number of carbonyl (C=O) groups excluding carboxylic acids is 2. The lowest BCUT2D eigenvalue weighted by molar-refractivity contribution is -1.23. The second-order valence-corrected chi connectivity index (χ2v) is 16.7. The van der Waals surface area contributed by atoms with Gasteiger partial charge in [-0.05, 0) is 45.3 Å². The van der Waals surface area contributed by atoms with E-state index in [2.05, 4.69) is 13.8 Å². The van der Waals surface area contributed by atoms with E-state index in [0.717, 1.165) is 25.7 Å². The number of carbonyl (C=O) groups is 2. The molecular weight excluding hydrogens is 606 g/mol. The third kappa shape index (κ3) is 29.5. The van der Waals surface area contributed by atoms with Gasteiger partial charge in [0.05, 0.1) is 0 Å². The van der Waals surface area contributed by atoms with Gasteiger partial charge in [-0.3, -0.25) is 9.59 Å². The van der Waals surface area contributed by atoms with Gasteiger partial charge in [-0.2, -0.15) is 9.68 Å². The van der Waals surface area contributed by atoms with E-state index >= 15 is 0 Å². The Morgan fingerprint density at radius 3 is 0.755 bits per heavy atom. The van der Waals surface area contributed by atoms with Crippen molar-refractivity contribution in [3.63, 3.8) is 0 Å². The van der Waals surface area contributed by atoms with E-state index in [4.69, 9.17) is 9.68 Å². The predicted molar refractivity (Wildman–Crippen MR) is 212 cm³/mol. The van der Waals surface area contributed by atoms with Gasteiger partial charge in [0, 0.05) is 12.8 Å². The van der Waals surface area contributed by atoms with Gasteiger partial charge < -0.3 is 0 Å². The molecule has 5 nitrogen and oxygen atoms in total. The van der Waals surface area contributed by atoms with Crippen molar-refractivity contribution in [3.05, 3.63) is 0 Å². The van der Waals surface area contributed by atoms with E-state index in [1.165, 1.54) is 167 Å². The Balaban J connectivity index is 4.00. The summed E-state index contributed by atoms with van der Waals surface area (Å²) < 4.78 is 0. The topological polar surface area (TPSA) is 52.6 Å². The molecule has 0 heterocycles. The van der Waals surface area contributed by atoms with Crippen LogP contribution in [0.3, 0.4) is 0 Å². The molecule has 0 amide bonds. The van der Waals surface area contributed by atoms with Crippen molar-refractivity contribution in [2.75, 3.05) is 14.1 Å². The van der Waals surface area contributed by atoms with Crippen LogP contribution in [0.25, 0.3) is 0 Å². The van der Waals surface area contributed by atoms with Crippen LogP contribution >= 0.6 is 0 Å². The molecule has 0 aliphatic carbocycles. The number of hydrogen-bond acceptors (Lipinski definition) is 4. The van der Waals surface area contributed by atoms with Crippen molar-refractivity contribution >= 4 is 11.6 Å². The van der Waals surface area contributed by atoms with Gasteiger partial charge >= 0.3 is 0 Å². The zero-order valence-electron chi connectivity index (χ0n) is 34.7. The minimum atomic E-state index is -0.979. The van der Waals surface area contributed by atoms with Crippen molar-refractivity contribution in [3.8, 4) is 0 Å². The summed E-state index contributed by atoms with van der Waals surface area (Å²) in [6.45, 7) is 11.9. The molecule has 0 N–H and O–H groups in total. The minimum absolute atomic E-state index is 0.0962. The highest BCUT2D eigenvalue weighted by molar-refractivity contribution is 5.86. The Bertz CT molecular complexity index is 713. The summed E-state index contributed by atoms with van der Waals surface area (Å²) in [4.78, 5) is 38.3. The first-order valence-corrected chi connectivity index (χ1v) is 21.7. The number of hydrogen-bond donors (Lipinski definition) is 0. The van der Waals surface area contributed by atoms with Crippen LogP contribution in [0.1, 0.15) is 247 Å². The van der Waals surface area contributed by atoms with Crippen molar-refractivity contribution in [2.24, 2.45) is 0 Å². The quantitative estimate of drug-likeness (QED) is 0.0367. The molecule has 0 aliphatic heterocycles. The van der Waals surface area contributed by atoms with Crippen LogP contribution in [0.2, 0.25) is 0 Å². The first kappa shape index (κ1) is 48.2. The van der Waals surface area contributed by atoms with E-state index in [1.54, 1.807) is 14.1 Å². The fourth-order valence-corrected chi connectivity index (χ4v) is 7.14. The number of unbranched alkanes of at least 4 members (excludes halogenated alkanes) is 28. The monoisotopic (exact) mass is 695 g/mol. The maximum atomic E-state index is 13.1. The highest BCUT2D eigenvalue weighted by Crippen LogP contribution is 2.26. The van der Waals surface area contributed by atoms with Gasteiger partial charge in [0.25, 0.3) is 0 Å². The third-order valence-electron chi connectivity index (χ3n) is 10.3. The van der Waals surface area contributed by atoms with Gasteiger partial charge in [0.2, 0.25) is 0 Å². The summed E-state index contributed by atoms with van der Waals surface area (Å²) in [5, 5.41) is 0. The van der Waals surface area contributed by atoms with Crippen LogP contribution < -0.4 is 0 Å². The summed E-state index contributed by atoms with van der Waals surface area (Å²) in [6, 6.07) is 0. The molecule has 0 rings (SSSR count). The Morgan fingerprint density at radius 1 is 0.367 bits per heavy atom. The van der Waals surface area contributed by atoms with E-state index < -0.39 is 11.2 Å². The third-order valence-corrected chi connectivity index (χ3v) is 10.3. The Kier molecular flexibility index (Phi) is 30.3. The zero-order valence-corrected chi connectivity index (χ0v) is 34.7. The van der Waals surface area contributed by atoms with E-state index in [9.17, 15) is 9.59 Å². The van der Waals surface area contributed by atoms with Crippen LogP contribution in [0.15, 0.2) is 0 Å². The van der Waals surface area contributed by atoms with Crippen molar-refractivity contribution in [2.45, 2.75) is 258 Å². The fourth-order valence-electron chi connectivity index (χ4n) is 7.14. The van der Waals surface area contributed by atoms with Crippen molar-refractivity contribution in [1.82, 2.24) is 0 Å². The molecule has 0 saturated heterocycles. The molecule has 0 radical (unpaired) electrons. The van der Waals surface area contributed by atoms with Gasteiger partial charge in [0.15, 0.2) is 22.8 Å². The van der Waals surface area contributed by atoms with Crippen LogP contribution in [0.4, 0.5) is 0 Å². The van der Waals surface area contributed by atoms with Gasteiger partial charge in [0.1, 0.15) is 14.1 Å². The zero-order chi connectivity index (χ0) is 36.7. The Labute approximate surface area is 307 Å². The SMILES string of the molecule is CCCCCCCCCCCCCCCCCC(=O)C(C)(C)O[N+](C)(C)OC(C)(C)C(=O)CCCCCCCCCCCCCCCCC. The molecule has 0 aromatic rings. The number of nitrogens with zero attached hydrogens (tertiary/aromatic N) is 1. The molecule has 0 aromatic carbocycles. The molecule has 0 saturated carbocycles. The molecular formula is C44H88NO4+. The molecule has 0 fully saturated rings. The highest BCUT2D eigenvalue weighted by Gasteiger charge is 2.43. The van der Waals surface area contributed by atoms with Crippen LogP contribution in [-0.4, -0.2) is 41.7 Å². The first-order chi connectivity index (χ1) is 23.4. The lowest BCUT2D eigenvalue weighted by Gasteiger charge is -2.36. The van der Waals surface area contributed by atoms with Gasteiger partial charge in [-0.15, -0.1) is 0 Å². The van der Waals surface area contributed by atoms with Gasteiger partial charge in [-0.1, -0.05) is 194 Å². The maximum Gasteiger partial charge on any atom is 0.183 e. The molecule has 5 heteroatoms. The van der Waals surface area contributed by atoms with E-state index in [1.807, 2.05) is 27.7 Å². The molecule has 292 valence electrons. The fraction of sp³-hybridized carbons (Fsp3) is 0.955. The maximum absolute atomic E-state index is 13.1. The lowest BCUT2D eigenvalue weighted by Crippen LogP contribution is -2.55. The van der Waals surface area contributed by atoms with Crippen LogP contribution in [0, 0.1) is 0 Å². The van der Waals surface area contributed by atoms with Crippen molar-refractivity contribution < 1.29 is 24.1 Å². The number of hydroxylamine groups is 4. The highest BCUT2D eigenvalue weighted by atomic mass is 17.0. The molecule has 0 bridgehead atoms. The normalized spacial score (nSPS) is 12.6. The average Bonchev–Trinajstić information content (AvgIpc) is 3.03. The molecule has 0 spiro atoms. The summed E-state index contributed by atoms with van der Waals surface area (Å²) in [6.07, 6.45) is 40.4. The van der Waals surface area contributed by atoms with Crippen molar-refractivity contribution in [1.29, 1.82) is 0 Å². The number of Topliss-reactive ketones (excluding diaryl/α,β-unsaturated/α-hetero) is 2. The number of rotatable bonds is 38. The van der Waals surface area contributed by atoms with Gasteiger partial charge in [-0.25, -0.2) is 0 Å². The number of ketones is 2. The summed E-state index contributed by atoms with van der Waals surface area (Å²) >= 11 is 0. The molecule has 0 unspecified atom stereocenters. The average molecular weight is 695 g/mol. The molecule has 0 aliphatic rings. The summed E-state index contributed by atoms with van der Waals surface area (Å²) in [7, 11) is 3.54. The standard InChI is InChI=1S/C44H88NO4/c1-9-11-13-15-17-19-21-23-25-27-29-31-33-35-37-39-41(46)43(3,4)48-45(7,8)49-44(5,6)42(47)40-38-36-34-32-30-28-26-24-22-20-18-16-14-12-10-2/h9-40H2,1-8H3/q+1. The van der Waals surface area contributed by atoms with Crippen LogP contribution in [0.5, 0.6) is 0 Å². The largest absolute Gasteiger partial charge is 0.296 e. The Morgan fingerprint density at radius 2 is 0.551 bits per heavy atom. The Hall–Kier alpha value is -0.780. The van der Waals surface area contributed by atoms with E-state index in [0.29, 0.717) is 12.8 Å². The molecule has 0 atom stereocenters. The number of quaternary nitrogens is 1. The van der Waals surface area contributed by atoms with Crippen LogP contribution in [-0.2, 0) is 19.3 Å². The second kappa shape index (κ2) is 30.8. The lowest BCUT2D eigenvalue weighted by atomic mass is 9.97. The summed E-state index contributed by atoms with van der Waals surface area (Å²) in [5.41, 5.74) is -1.96.